The maximum absolute atomic E-state index is 10.7. The van der Waals surface area contributed by atoms with Crippen LogP contribution in [0.15, 0.2) is 0 Å². The zero-order valence-corrected chi connectivity index (χ0v) is 11.8. The standard InChI is InChI=1S/C15H29O3/c1-14(18-15(2)17)12-10-8-6-4-3-5-7-9-11-13-16/h14,16H,1,3-13H2,2H3. The highest BCUT2D eigenvalue weighted by Crippen LogP contribution is 2.12. The second-order valence-corrected chi connectivity index (χ2v) is 4.93. The van der Waals surface area contributed by atoms with Crippen molar-refractivity contribution in [3.8, 4) is 0 Å². The van der Waals surface area contributed by atoms with Crippen LogP contribution in [0.25, 0.3) is 0 Å². The summed E-state index contributed by atoms with van der Waals surface area (Å²) in [5.74, 6) is -0.238. The summed E-state index contributed by atoms with van der Waals surface area (Å²) in [6.45, 7) is 5.54. The predicted molar refractivity (Wildman–Crippen MR) is 74.2 cm³/mol. The minimum absolute atomic E-state index is 0.180. The van der Waals surface area contributed by atoms with Crippen LogP contribution in [0.3, 0.4) is 0 Å². The van der Waals surface area contributed by atoms with Crippen LogP contribution in [0, 0.1) is 6.92 Å². The van der Waals surface area contributed by atoms with Crippen LogP contribution in [-0.4, -0.2) is 23.8 Å². The highest BCUT2D eigenvalue weighted by atomic mass is 16.5. The molecule has 1 unspecified atom stereocenters. The largest absolute Gasteiger partial charge is 0.463 e. The van der Waals surface area contributed by atoms with Gasteiger partial charge in [0.25, 0.3) is 0 Å². The minimum atomic E-state index is -0.238. The normalized spacial score (nSPS) is 12.4. The number of rotatable bonds is 12. The van der Waals surface area contributed by atoms with Gasteiger partial charge in [-0.3, -0.25) is 4.79 Å². The molecule has 0 saturated carbocycles. The van der Waals surface area contributed by atoms with Crippen LogP contribution in [-0.2, 0) is 9.53 Å². The van der Waals surface area contributed by atoms with E-state index < -0.39 is 0 Å². The van der Waals surface area contributed by atoms with Crippen molar-refractivity contribution in [2.24, 2.45) is 0 Å². The van der Waals surface area contributed by atoms with Crippen LogP contribution in [0.5, 0.6) is 0 Å². The van der Waals surface area contributed by atoms with Gasteiger partial charge in [-0.05, 0) is 26.2 Å². The van der Waals surface area contributed by atoms with Crippen molar-refractivity contribution in [2.75, 3.05) is 6.61 Å². The van der Waals surface area contributed by atoms with Gasteiger partial charge in [0, 0.05) is 13.5 Å². The first-order valence-corrected chi connectivity index (χ1v) is 7.28. The van der Waals surface area contributed by atoms with E-state index in [2.05, 4.69) is 6.92 Å². The Bertz CT molecular complexity index is 192. The molecule has 0 rings (SSSR count). The fourth-order valence-electron chi connectivity index (χ4n) is 2.01. The molecule has 1 atom stereocenters. The Morgan fingerprint density at radius 3 is 1.89 bits per heavy atom. The molecule has 0 bridgehead atoms. The highest BCUT2D eigenvalue weighted by Gasteiger charge is 2.04. The topological polar surface area (TPSA) is 46.5 Å². The second kappa shape index (κ2) is 12.9. The summed E-state index contributed by atoms with van der Waals surface area (Å²) in [7, 11) is 0. The molecule has 18 heavy (non-hydrogen) atoms. The molecule has 0 aromatic rings. The highest BCUT2D eigenvalue weighted by molar-refractivity contribution is 5.66. The minimum Gasteiger partial charge on any atom is -0.463 e. The maximum Gasteiger partial charge on any atom is 0.302 e. The van der Waals surface area contributed by atoms with Gasteiger partial charge >= 0.3 is 5.97 Å². The molecule has 0 aliphatic rings. The summed E-state index contributed by atoms with van der Waals surface area (Å²) >= 11 is 0. The number of ether oxygens (including phenoxy) is 1. The molecule has 0 aromatic heterocycles. The van der Waals surface area contributed by atoms with E-state index in [1.165, 1.54) is 45.4 Å². The van der Waals surface area contributed by atoms with Crippen LogP contribution in [0.4, 0.5) is 0 Å². The number of esters is 1. The zero-order chi connectivity index (χ0) is 13.6. The number of hydrogen-bond acceptors (Lipinski definition) is 3. The van der Waals surface area contributed by atoms with Crippen LogP contribution in [0.2, 0.25) is 0 Å². The molecular weight excluding hydrogens is 228 g/mol. The number of aliphatic hydroxyl groups excluding tert-OH is 1. The lowest BCUT2D eigenvalue weighted by Gasteiger charge is -2.10. The molecular formula is C15H29O3. The van der Waals surface area contributed by atoms with E-state index in [9.17, 15) is 4.79 Å². The van der Waals surface area contributed by atoms with Gasteiger partial charge in [-0.15, -0.1) is 0 Å². The first-order chi connectivity index (χ1) is 8.66. The van der Waals surface area contributed by atoms with Gasteiger partial charge in [-0.1, -0.05) is 44.9 Å². The van der Waals surface area contributed by atoms with Gasteiger partial charge in [0.2, 0.25) is 0 Å². The fraction of sp³-hybridized carbons (Fsp3) is 0.867. The number of unbranched alkanes of at least 4 members (excludes halogenated alkanes) is 8. The third kappa shape index (κ3) is 13.5. The van der Waals surface area contributed by atoms with Crippen molar-refractivity contribution in [1.82, 2.24) is 0 Å². The third-order valence-corrected chi connectivity index (χ3v) is 3.02. The maximum atomic E-state index is 10.7. The number of carbonyl (C=O) groups excluding carboxylic acids is 1. The molecule has 0 heterocycles. The molecule has 0 spiro atoms. The smallest absolute Gasteiger partial charge is 0.302 e. The lowest BCUT2D eigenvalue weighted by molar-refractivity contribution is -0.144. The van der Waals surface area contributed by atoms with E-state index in [0.717, 1.165) is 25.7 Å². The van der Waals surface area contributed by atoms with Crippen molar-refractivity contribution in [2.45, 2.75) is 77.2 Å². The van der Waals surface area contributed by atoms with Crippen LogP contribution < -0.4 is 0 Å². The first-order valence-electron chi connectivity index (χ1n) is 7.28. The quantitative estimate of drug-likeness (QED) is 0.429. The Morgan fingerprint density at radius 2 is 1.44 bits per heavy atom. The third-order valence-electron chi connectivity index (χ3n) is 3.02. The van der Waals surface area contributed by atoms with E-state index in [-0.39, 0.29) is 12.1 Å². The molecule has 3 heteroatoms. The monoisotopic (exact) mass is 257 g/mol. The van der Waals surface area contributed by atoms with Gasteiger partial charge in [0.1, 0.15) is 6.10 Å². The molecule has 1 N–H and O–H groups in total. The Kier molecular flexibility index (Phi) is 12.5. The number of carbonyl (C=O) groups is 1. The van der Waals surface area contributed by atoms with Crippen molar-refractivity contribution in [3.63, 3.8) is 0 Å². The summed E-state index contributed by atoms with van der Waals surface area (Å²) in [6, 6.07) is 0. The molecule has 0 aromatic carbocycles. The first kappa shape index (κ1) is 17.4. The Morgan fingerprint density at radius 1 is 1.00 bits per heavy atom. The van der Waals surface area contributed by atoms with Gasteiger partial charge in [0.05, 0.1) is 0 Å². The molecule has 0 amide bonds. The molecule has 3 nitrogen and oxygen atoms in total. The number of hydrogen-bond donors (Lipinski definition) is 1. The molecule has 0 saturated heterocycles. The zero-order valence-electron chi connectivity index (χ0n) is 11.8. The Hall–Kier alpha value is -0.570. The number of aliphatic hydroxyl groups is 1. The van der Waals surface area contributed by atoms with Gasteiger partial charge < -0.3 is 9.84 Å². The van der Waals surface area contributed by atoms with E-state index in [1.807, 2.05) is 0 Å². The van der Waals surface area contributed by atoms with E-state index in [0.29, 0.717) is 6.61 Å². The Balaban J connectivity index is 3.09. The van der Waals surface area contributed by atoms with Crippen molar-refractivity contribution < 1.29 is 14.6 Å². The van der Waals surface area contributed by atoms with Gasteiger partial charge in [-0.2, -0.15) is 0 Å². The van der Waals surface area contributed by atoms with Gasteiger partial charge in [-0.25, -0.2) is 0 Å². The molecule has 0 fully saturated rings. The van der Waals surface area contributed by atoms with Crippen molar-refractivity contribution >= 4 is 5.97 Å². The van der Waals surface area contributed by atoms with Crippen LogP contribution >= 0.6 is 0 Å². The fourth-order valence-corrected chi connectivity index (χ4v) is 2.01. The second-order valence-electron chi connectivity index (χ2n) is 4.93. The molecule has 1 radical (unpaired) electrons. The molecule has 107 valence electrons. The molecule has 0 aliphatic heterocycles. The lowest BCUT2D eigenvalue weighted by Crippen LogP contribution is -2.12. The Labute approximate surface area is 112 Å². The van der Waals surface area contributed by atoms with E-state index >= 15 is 0 Å². The van der Waals surface area contributed by atoms with Crippen LogP contribution in [0.1, 0.15) is 71.1 Å². The average Bonchev–Trinajstić information content (AvgIpc) is 2.30. The summed E-state index contributed by atoms with van der Waals surface area (Å²) in [4.78, 5) is 10.7. The van der Waals surface area contributed by atoms with Crippen molar-refractivity contribution in [3.05, 3.63) is 6.92 Å². The average molecular weight is 257 g/mol. The van der Waals surface area contributed by atoms with E-state index in [4.69, 9.17) is 9.84 Å². The predicted octanol–water partition coefficient (Wildman–Crippen LogP) is 3.65. The van der Waals surface area contributed by atoms with Gasteiger partial charge in [0.15, 0.2) is 0 Å². The SMILES string of the molecule is [CH2]C(CCCCCCCCCCCO)OC(C)=O. The van der Waals surface area contributed by atoms with Crippen molar-refractivity contribution in [1.29, 1.82) is 0 Å². The summed E-state index contributed by atoms with van der Waals surface area (Å²) in [5, 5.41) is 8.63. The lowest BCUT2D eigenvalue weighted by atomic mass is 10.1. The summed E-state index contributed by atoms with van der Waals surface area (Å²) < 4.78 is 4.96. The summed E-state index contributed by atoms with van der Waals surface area (Å²) in [5.41, 5.74) is 0. The molecule has 0 aliphatic carbocycles. The summed E-state index contributed by atoms with van der Waals surface area (Å²) in [6.07, 6.45) is 11.4. The van der Waals surface area contributed by atoms with E-state index in [1.54, 1.807) is 0 Å².